The summed E-state index contributed by atoms with van der Waals surface area (Å²) >= 11 is 0. The van der Waals surface area contributed by atoms with Gasteiger partial charge in [0, 0.05) is 18.8 Å². The quantitative estimate of drug-likeness (QED) is 0.681. The van der Waals surface area contributed by atoms with Crippen molar-refractivity contribution in [2.75, 3.05) is 19.8 Å². The van der Waals surface area contributed by atoms with Crippen molar-refractivity contribution in [3.05, 3.63) is 36.0 Å². The lowest BCUT2D eigenvalue weighted by atomic mass is 9.91. The summed E-state index contributed by atoms with van der Waals surface area (Å²) in [5, 5.41) is 0. The third kappa shape index (κ3) is 2.83. The molecule has 0 radical (unpaired) electrons. The third-order valence-corrected chi connectivity index (χ3v) is 2.73. The van der Waals surface area contributed by atoms with Crippen LogP contribution >= 0.6 is 0 Å². The van der Waals surface area contributed by atoms with E-state index in [1.54, 1.807) is 0 Å². The maximum Gasteiger partial charge on any atom is 0.302 e. The summed E-state index contributed by atoms with van der Waals surface area (Å²) in [5.41, 5.74) is 1.22. The second-order valence-corrected chi connectivity index (χ2v) is 4.12. The van der Waals surface area contributed by atoms with E-state index in [0.717, 1.165) is 13.2 Å². The van der Waals surface area contributed by atoms with E-state index in [4.69, 9.17) is 9.47 Å². The van der Waals surface area contributed by atoms with Gasteiger partial charge in [0.2, 0.25) is 0 Å². The highest BCUT2D eigenvalue weighted by Gasteiger charge is 2.19. The molecule has 1 atom stereocenters. The average molecular weight is 220 g/mol. The van der Waals surface area contributed by atoms with Gasteiger partial charge >= 0.3 is 5.97 Å². The molecule has 0 amide bonds. The first kappa shape index (κ1) is 11.1. The van der Waals surface area contributed by atoms with Crippen LogP contribution in [0.15, 0.2) is 36.0 Å². The molecule has 0 aromatic rings. The molecule has 0 bridgehead atoms. The Bertz CT molecular complexity index is 348. The Hall–Kier alpha value is -1.35. The van der Waals surface area contributed by atoms with Crippen LogP contribution in [0.25, 0.3) is 0 Å². The molecule has 2 rings (SSSR count). The Kier molecular flexibility index (Phi) is 3.57. The number of allylic oxidation sites excluding steroid dienone is 3. The zero-order chi connectivity index (χ0) is 11.4. The van der Waals surface area contributed by atoms with Crippen molar-refractivity contribution in [2.24, 2.45) is 11.8 Å². The molecule has 86 valence electrons. The van der Waals surface area contributed by atoms with E-state index in [1.165, 1.54) is 12.5 Å². The van der Waals surface area contributed by atoms with E-state index < -0.39 is 0 Å². The molecule has 0 aromatic heterocycles. The Morgan fingerprint density at radius 3 is 3.00 bits per heavy atom. The molecule has 0 spiro atoms. The predicted molar refractivity (Wildman–Crippen MR) is 60.8 cm³/mol. The number of hydrogen-bond donors (Lipinski definition) is 0. The van der Waals surface area contributed by atoms with Gasteiger partial charge in [-0.25, -0.2) is 0 Å². The number of esters is 1. The van der Waals surface area contributed by atoms with E-state index in [0.29, 0.717) is 12.5 Å². The zero-order valence-electron chi connectivity index (χ0n) is 9.39. The molecule has 3 heteroatoms. The molecular formula is C13H16O3. The second kappa shape index (κ2) is 5.12. The summed E-state index contributed by atoms with van der Waals surface area (Å²) in [7, 11) is 0. The number of carbonyl (C=O) groups is 1. The molecule has 2 aliphatic rings. The number of rotatable bonds is 3. The predicted octanol–water partition coefficient (Wildman–Crippen LogP) is 1.86. The molecule has 1 saturated heterocycles. The molecule has 1 fully saturated rings. The number of carbonyl (C=O) groups excluding carboxylic acids is 1. The first-order valence-corrected chi connectivity index (χ1v) is 5.53. The van der Waals surface area contributed by atoms with Gasteiger partial charge in [0.1, 0.15) is 6.61 Å². The largest absolute Gasteiger partial charge is 0.465 e. The standard InChI is InChI=1S/C13H16O3/c1-10(14)16-9-13-5-3-2-4-12(13)6-11-7-15-8-11/h2-6,11,13H,7-9H2,1H3. The van der Waals surface area contributed by atoms with Crippen molar-refractivity contribution in [1.82, 2.24) is 0 Å². The number of hydrogen-bond acceptors (Lipinski definition) is 3. The molecule has 1 aliphatic carbocycles. The first-order chi connectivity index (χ1) is 7.75. The molecule has 3 nitrogen and oxygen atoms in total. The molecule has 0 N–H and O–H groups in total. The van der Waals surface area contributed by atoms with Crippen molar-refractivity contribution in [3.63, 3.8) is 0 Å². The Morgan fingerprint density at radius 2 is 2.38 bits per heavy atom. The van der Waals surface area contributed by atoms with Crippen molar-refractivity contribution < 1.29 is 14.3 Å². The van der Waals surface area contributed by atoms with Gasteiger partial charge in [0.05, 0.1) is 13.2 Å². The van der Waals surface area contributed by atoms with Crippen LogP contribution in [0, 0.1) is 11.8 Å². The fraction of sp³-hybridized carbons (Fsp3) is 0.462. The smallest absolute Gasteiger partial charge is 0.302 e. The number of ether oxygens (including phenoxy) is 2. The molecule has 0 saturated carbocycles. The highest BCUT2D eigenvalue weighted by Crippen LogP contribution is 2.23. The van der Waals surface area contributed by atoms with Gasteiger partial charge in [0.15, 0.2) is 0 Å². The van der Waals surface area contributed by atoms with E-state index >= 15 is 0 Å². The van der Waals surface area contributed by atoms with Gasteiger partial charge in [-0.15, -0.1) is 0 Å². The van der Waals surface area contributed by atoms with Gasteiger partial charge in [-0.1, -0.05) is 30.4 Å². The summed E-state index contributed by atoms with van der Waals surface area (Å²) in [6.45, 7) is 3.48. The van der Waals surface area contributed by atoms with Crippen LogP contribution < -0.4 is 0 Å². The summed E-state index contributed by atoms with van der Waals surface area (Å²) < 4.78 is 10.2. The van der Waals surface area contributed by atoms with Gasteiger partial charge < -0.3 is 9.47 Å². The monoisotopic (exact) mass is 220 g/mol. The highest BCUT2D eigenvalue weighted by atomic mass is 16.5. The van der Waals surface area contributed by atoms with E-state index in [2.05, 4.69) is 18.2 Å². The Morgan fingerprint density at radius 1 is 1.56 bits per heavy atom. The van der Waals surface area contributed by atoms with E-state index in [1.807, 2.05) is 12.2 Å². The normalized spacial score (nSPS) is 26.8. The van der Waals surface area contributed by atoms with E-state index in [-0.39, 0.29) is 11.9 Å². The van der Waals surface area contributed by atoms with Crippen molar-refractivity contribution in [2.45, 2.75) is 6.92 Å². The zero-order valence-corrected chi connectivity index (χ0v) is 9.39. The lowest BCUT2D eigenvalue weighted by molar-refractivity contribution is -0.141. The SMILES string of the molecule is CC(=O)OCC1C=CC=CC1=CC1COC1. The van der Waals surface area contributed by atoms with E-state index in [9.17, 15) is 4.79 Å². The van der Waals surface area contributed by atoms with Gasteiger partial charge in [-0.2, -0.15) is 0 Å². The van der Waals surface area contributed by atoms with Crippen LogP contribution in [0.5, 0.6) is 0 Å². The van der Waals surface area contributed by atoms with Gasteiger partial charge in [0.25, 0.3) is 0 Å². The van der Waals surface area contributed by atoms with Crippen LogP contribution in [0.1, 0.15) is 6.92 Å². The minimum Gasteiger partial charge on any atom is -0.465 e. The second-order valence-electron chi connectivity index (χ2n) is 4.12. The maximum atomic E-state index is 10.8. The fourth-order valence-corrected chi connectivity index (χ4v) is 1.76. The van der Waals surface area contributed by atoms with Crippen molar-refractivity contribution in [1.29, 1.82) is 0 Å². The average Bonchev–Trinajstić information content (AvgIpc) is 2.22. The highest BCUT2D eigenvalue weighted by molar-refractivity contribution is 5.66. The summed E-state index contributed by atoms with van der Waals surface area (Å²) in [6, 6.07) is 0. The fourth-order valence-electron chi connectivity index (χ4n) is 1.76. The minimum atomic E-state index is -0.228. The molecule has 1 unspecified atom stereocenters. The van der Waals surface area contributed by atoms with Crippen LogP contribution in [0.3, 0.4) is 0 Å². The Balaban J connectivity index is 1.97. The van der Waals surface area contributed by atoms with Crippen molar-refractivity contribution >= 4 is 5.97 Å². The Labute approximate surface area is 95.4 Å². The van der Waals surface area contributed by atoms with Crippen LogP contribution in [-0.2, 0) is 14.3 Å². The van der Waals surface area contributed by atoms with Gasteiger partial charge in [-0.3, -0.25) is 4.79 Å². The molecule has 1 aliphatic heterocycles. The molecule has 1 heterocycles. The third-order valence-electron chi connectivity index (χ3n) is 2.73. The van der Waals surface area contributed by atoms with Crippen molar-refractivity contribution in [3.8, 4) is 0 Å². The maximum absolute atomic E-state index is 10.8. The van der Waals surface area contributed by atoms with Crippen LogP contribution in [0.4, 0.5) is 0 Å². The molecular weight excluding hydrogens is 204 g/mol. The topological polar surface area (TPSA) is 35.5 Å². The van der Waals surface area contributed by atoms with Crippen LogP contribution in [-0.4, -0.2) is 25.8 Å². The van der Waals surface area contributed by atoms with Crippen LogP contribution in [0.2, 0.25) is 0 Å². The summed E-state index contributed by atoms with van der Waals surface area (Å²) in [6.07, 6.45) is 10.4. The summed E-state index contributed by atoms with van der Waals surface area (Å²) in [4.78, 5) is 10.8. The minimum absolute atomic E-state index is 0.189. The lowest BCUT2D eigenvalue weighted by Crippen LogP contribution is -2.26. The lowest BCUT2D eigenvalue weighted by Gasteiger charge is -2.25. The molecule has 16 heavy (non-hydrogen) atoms. The first-order valence-electron chi connectivity index (χ1n) is 5.53. The molecule has 0 aromatic carbocycles. The summed E-state index contributed by atoms with van der Waals surface area (Å²) in [5.74, 6) is 0.481. The van der Waals surface area contributed by atoms with Gasteiger partial charge in [-0.05, 0) is 5.57 Å².